The van der Waals surface area contributed by atoms with Crippen molar-refractivity contribution in [2.24, 2.45) is 0 Å². The Morgan fingerprint density at radius 3 is 2.46 bits per heavy atom. The largest absolute Gasteiger partial charge is 0.444 e. The molecule has 0 radical (unpaired) electrons. The smallest absolute Gasteiger partial charge is 0.408 e. The van der Waals surface area contributed by atoms with Gasteiger partial charge in [-0.2, -0.15) is 0 Å². The van der Waals surface area contributed by atoms with Gasteiger partial charge in [-0.05, 0) is 69.2 Å². The number of thiophene rings is 1. The maximum atomic E-state index is 13.1. The molecule has 150 valence electrons. The molecule has 1 aromatic carbocycles. The van der Waals surface area contributed by atoms with Crippen molar-refractivity contribution in [3.63, 3.8) is 0 Å². The lowest BCUT2D eigenvalue weighted by Gasteiger charge is -2.23. The van der Waals surface area contributed by atoms with Crippen molar-refractivity contribution in [2.45, 2.75) is 51.2 Å². The second-order valence-corrected chi connectivity index (χ2v) is 9.00. The van der Waals surface area contributed by atoms with Gasteiger partial charge in [0.05, 0.1) is 4.88 Å². The van der Waals surface area contributed by atoms with Gasteiger partial charge in [-0.3, -0.25) is 4.79 Å². The van der Waals surface area contributed by atoms with Crippen LogP contribution in [0, 0.1) is 5.82 Å². The summed E-state index contributed by atoms with van der Waals surface area (Å²) in [5.74, 6) is -0.473. The summed E-state index contributed by atoms with van der Waals surface area (Å²) in [4.78, 5) is 25.2. The Balaban J connectivity index is 1.54. The van der Waals surface area contributed by atoms with Gasteiger partial charge in [0.2, 0.25) is 0 Å². The zero-order valence-corrected chi connectivity index (χ0v) is 17.1. The fraction of sp³-hybridized carbons (Fsp3) is 0.429. The maximum Gasteiger partial charge on any atom is 0.408 e. The first kappa shape index (κ1) is 20.3. The standard InChI is InChI=1S/C21H25FN2O3S/c1-20(2,3)27-19(26)24-21(9-10-21)11-12-23-18(25)17-16(8-13-28-17)14-4-6-15(22)7-5-14/h4-8,13H,9-12H2,1-3H3,(H,23,25)(H,24,26). The van der Waals surface area contributed by atoms with E-state index < -0.39 is 11.7 Å². The van der Waals surface area contributed by atoms with Crippen molar-refractivity contribution in [1.29, 1.82) is 0 Å². The minimum atomic E-state index is -0.537. The molecular formula is C21H25FN2O3S. The Morgan fingerprint density at radius 1 is 1.18 bits per heavy atom. The molecule has 0 spiro atoms. The van der Waals surface area contributed by atoms with Crippen LogP contribution in [-0.2, 0) is 4.74 Å². The fourth-order valence-corrected chi connectivity index (χ4v) is 3.78. The van der Waals surface area contributed by atoms with E-state index in [-0.39, 0.29) is 17.3 Å². The summed E-state index contributed by atoms with van der Waals surface area (Å²) < 4.78 is 18.4. The highest BCUT2D eigenvalue weighted by Gasteiger charge is 2.44. The molecular weight excluding hydrogens is 379 g/mol. The third-order valence-electron chi connectivity index (χ3n) is 4.54. The predicted octanol–water partition coefficient (Wildman–Crippen LogP) is 4.73. The van der Waals surface area contributed by atoms with Crippen LogP contribution >= 0.6 is 11.3 Å². The van der Waals surface area contributed by atoms with E-state index in [1.165, 1.54) is 23.5 Å². The molecule has 1 aliphatic rings. The number of nitrogens with one attached hydrogen (secondary N) is 2. The molecule has 1 aromatic heterocycles. The average molecular weight is 405 g/mol. The predicted molar refractivity (Wildman–Crippen MR) is 108 cm³/mol. The molecule has 1 aliphatic carbocycles. The number of ether oxygens (including phenoxy) is 1. The SMILES string of the molecule is CC(C)(C)OC(=O)NC1(CCNC(=O)c2sccc2-c2ccc(F)cc2)CC1. The zero-order chi connectivity index (χ0) is 20.4. The molecule has 7 heteroatoms. The van der Waals surface area contributed by atoms with Gasteiger partial charge >= 0.3 is 6.09 Å². The summed E-state index contributed by atoms with van der Waals surface area (Å²) >= 11 is 1.35. The third-order valence-corrected chi connectivity index (χ3v) is 5.45. The Morgan fingerprint density at radius 2 is 1.86 bits per heavy atom. The van der Waals surface area contributed by atoms with E-state index in [2.05, 4.69) is 10.6 Å². The van der Waals surface area contributed by atoms with Crippen LogP contribution in [0.5, 0.6) is 0 Å². The van der Waals surface area contributed by atoms with E-state index in [1.807, 2.05) is 32.2 Å². The van der Waals surface area contributed by atoms with Gasteiger partial charge in [0.1, 0.15) is 11.4 Å². The number of carbonyl (C=O) groups is 2. The number of halogens is 1. The number of benzene rings is 1. The molecule has 2 N–H and O–H groups in total. The van der Waals surface area contributed by atoms with Gasteiger partial charge < -0.3 is 15.4 Å². The molecule has 3 rings (SSSR count). The molecule has 1 saturated carbocycles. The minimum absolute atomic E-state index is 0.164. The first-order valence-corrected chi connectivity index (χ1v) is 10.2. The van der Waals surface area contributed by atoms with Crippen molar-refractivity contribution < 1.29 is 18.7 Å². The van der Waals surface area contributed by atoms with Crippen molar-refractivity contribution in [3.8, 4) is 11.1 Å². The minimum Gasteiger partial charge on any atom is -0.444 e. The summed E-state index contributed by atoms with van der Waals surface area (Å²) in [7, 11) is 0. The first-order valence-electron chi connectivity index (χ1n) is 9.30. The molecule has 1 fully saturated rings. The van der Waals surface area contributed by atoms with Gasteiger partial charge in [-0.25, -0.2) is 9.18 Å². The molecule has 0 aliphatic heterocycles. The summed E-state index contributed by atoms with van der Waals surface area (Å²) in [6.45, 7) is 5.93. The topological polar surface area (TPSA) is 67.4 Å². The Bertz CT molecular complexity index is 851. The summed E-state index contributed by atoms with van der Waals surface area (Å²) in [5.41, 5.74) is 0.767. The van der Waals surface area contributed by atoms with Crippen molar-refractivity contribution in [2.75, 3.05) is 6.54 Å². The summed E-state index contributed by atoms with van der Waals surface area (Å²) in [6.07, 6.45) is 1.98. The van der Waals surface area contributed by atoms with Gasteiger partial charge in [0.25, 0.3) is 5.91 Å². The van der Waals surface area contributed by atoms with E-state index >= 15 is 0 Å². The maximum absolute atomic E-state index is 13.1. The van der Waals surface area contributed by atoms with Crippen molar-refractivity contribution >= 4 is 23.3 Å². The Kier molecular flexibility index (Phi) is 5.74. The monoisotopic (exact) mass is 404 g/mol. The number of alkyl carbamates (subject to hydrolysis) is 1. The molecule has 2 aromatic rings. The van der Waals surface area contributed by atoms with E-state index in [9.17, 15) is 14.0 Å². The van der Waals surface area contributed by atoms with Crippen LogP contribution in [0.3, 0.4) is 0 Å². The van der Waals surface area contributed by atoms with Crippen LogP contribution in [0.1, 0.15) is 49.7 Å². The molecule has 0 saturated heterocycles. The second kappa shape index (κ2) is 7.91. The van der Waals surface area contributed by atoms with Gasteiger partial charge in [-0.15, -0.1) is 11.3 Å². The highest BCUT2D eigenvalue weighted by molar-refractivity contribution is 7.12. The molecule has 1 heterocycles. The zero-order valence-electron chi connectivity index (χ0n) is 16.3. The van der Waals surface area contributed by atoms with E-state index in [4.69, 9.17) is 4.74 Å². The Hall–Kier alpha value is -2.41. The molecule has 5 nitrogen and oxygen atoms in total. The van der Waals surface area contributed by atoms with Gasteiger partial charge in [0.15, 0.2) is 0 Å². The van der Waals surface area contributed by atoms with E-state index in [1.54, 1.807) is 12.1 Å². The van der Waals surface area contributed by atoms with Crippen molar-refractivity contribution in [1.82, 2.24) is 10.6 Å². The van der Waals surface area contributed by atoms with Crippen LogP contribution in [0.25, 0.3) is 11.1 Å². The quantitative estimate of drug-likeness (QED) is 0.731. The number of amides is 2. The highest BCUT2D eigenvalue weighted by Crippen LogP contribution is 2.38. The lowest BCUT2D eigenvalue weighted by Crippen LogP contribution is -2.42. The highest BCUT2D eigenvalue weighted by atomic mass is 32.1. The molecule has 2 amide bonds. The fourth-order valence-electron chi connectivity index (χ4n) is 2.95. The van der Waals surface area contributed by atoms with Gasteiger partial charge in [0, 0.05) is 17.6 Å². The van der Waals surface area contributed by atoms with Crippen LogP contribution in [0.2, 0.25) is 0 Å². The van der Waals surface area contributed by atoms with Gasteiger partial charge in [-0.1, -0.05) is 12.1 Å². The van der Waals surface area contributed by atoms with Crippen molar-refractivity contribution in [3.05, 3.63) is 46.4 Å². The second-order valence-electron chi connectivity index (χ2n) is 8.08. The lowest BCUT2D eigenvalue weighted by molar-refractivity contribution is 0.0494. The molecule has 0 bridgehead atoms. The number of hydrogen-bond acceptors (Lipinski definition) is 4. The molecule has 0 unspecified atom stereocenters. The first-order chi connectivity index (χ1) is 13.2. The van der Waals surface area contributed by atoms with Crippen LogP contribution in [-0.4, -0.2) is 29.7 Å². The third kappa shape index (κ3) is 5.32. The summed E-state index contributed by atoms with van der Waals surface area (Å²) in [6, 6.07) is 7.96. The van der Waals surface area contributed by atoms with E-state index in [0.717, 1.165) is 24.0 Å². The number of hydrogen-bond donors (Lipinski definition) is 2. The lowest BCUT2D eigenvalue weighted by atomic mass is 10.1. The van der Waals surface area contributed by atoms with Crippen LogP contribution in [0.4, 0.5) is 9.18 Å². The molecule has 28 heavy (non-hydrogen) atoms. The number of carbonyl (C=O) groups excluding carboxylic acids is 2. The van der Waals surface area contributed by atoms with E-state index in [0.29, 0.717) is 17.8 Å². The number of rotatable bonds is 6. The Labute approximate surface area is 168 Å². The van der Waals surface area contributed by atoms with Crippen LogP contribution < -0.4 is 10.6 Å². The summed E-state index contributed by atoms with van der Waals surface area (Å²) in [5, 5.41) is 7.71. The normalized spacial score (nSPS) is 15.0. The van der Waals surface area contributed by atoms with Crippen LogP contribution in [0.15, 0.2) is 35.7 Å². The molecule has 0 atom stereocenters. The average Bonchev–Trinajstić information content (AvgIpc) is 3.16.